The lowest BCUT2D eigenvalue weighted by Gasteiger charge is -2.23. The molecule has 18 heavy (non-hydrogen) atoms. The van der Waals surface area contributed by atoms with Crippen LogP contribution in [0.5, 0.6) is 0 Å². The number of nitrogens with zero attached hydrogens (tertiary/aromatic N) is 1. The lowest BCUT2D eigenvalue weighted by Crippen LogP contribution is -2.28. The van der Waals surface area contributed by atoms with Gasteiger partial charge in [0.15, 0.2) is 0 Å². The molecule has 0 spiro atoms. The van der Waals surface area contributed by atoms with Crippen LogP contribution in [-0.2, 0) is 12.1 Å². The van der Waals surface area contributed by atoms with E-state index in [2.05, 4.69) is 48.3 Å². The average molecular weight is 248 g/mol. The van der Waals surface area contributed by atoms with Crippen LogP contribution in [0.15, 0.2) is 24.3 Å². The van der Waals surface area contributed by atoms with Crippen molar-refractivity contribution in [2.75, 3.05) is 26.2 Å². The van der Waals surface area contributed by atoms with Crippen LogP contribution in [0, 0.1) is 0 Å². The molecule has 1 fully saturated rings. The monoisotopic (exact) mass is 248 g/mol. The maximum absolute atomic E-state index is 10.5. The van der Waals surface area contributed by atoms with Crippen LogP contribution >= 0.6 is 0 Å². The molecule has 1 aliphatic heterocycles. The summed E-state index contributed by atoms with van der Waals surface area (Å²) in [5, 5.41) is 13.7. The molecule has 1 unspecified atom stereocenters. The molecule has 1 aromatic rings. The molecule has 1 heterocycles. The molecule has 0 saturated carbocycles. The van der Waals surface area contributed by atoms with Crippen molar-refractivity contribution in [3.05, 3.63) is 35.4 Å². The number of aliphatic hydroxyl groups is 1. The molecule has 0 radical (unpaired) electrons. The lowest BCUT2D eigenvalue weighted by atomic mass is 9.92. The second kappa shape index (κ2) is 5.83. The number of rotatable bonds is 5. The van der Waals surface area contributed by atoms with Gasteiger partial charge >= 0.3 is 0 Å². The third-order valence-electron chi connectivity index (χ3n) is 3.92. The Kier molecular flexibility index (Phi) is 4.38. The maximum atomic E-state index is 10.5. The van der Waals surface area contributed by atoms with Gasteiger partial charge in [0, 0.05) is 13.1 Å². The minimum absolute atomic E-state index is 0.659. The Labute approximate surface area is 110 Å². The van der Waals surface area contributed by atoms with Crippen molar-refractivity contribution in [3.8, 4) is 0 Å². The predicted octanol–water partition coefficient (Wildman–Crippen LogP) is 1.71. The number of β-amino-alcohol motifs (C(OH)–C–C–N with tert-alkyl or cyclic N) is 1. The van der Waals surface area contributed by atoms with Crippen molar-refractivity contribution in [3.63, 3.8) is 0 Å². The molecule has 0 aromatic heterocycles. The Morgan fingerprint density at radius 2 is 1.89 bits per heavy atom. The number of hydrogen-bond donors (Lipinski definition) is 2. The van der Waals surface area contributed by atoms with Crippen LogP contribution in [0.1, 0.15) is 31.4 Å². The normalized spacial score (nSPS) is 23.8. The molecular formula is C15H24N2O. The highest BCUT2D eigenvalue weighted by Gasteiger charge is 2.32. The van der Waals surface area contributed by atoms with Crippen LogP contribution < -0.4 is 5.32 Å². The van der Waals surface area contributed by atoms with Crippen molar-refractivity contribution in [2.24, 2.45) is 0 Å². The minimum Gasteiger partial charge on any atom is -0.384 e. The molecule has 100 valence electrons. The summed E-state index contributed by atoms with van der Waals surface area (Å²) < 4.78 is 0. The van der Waals surface area contributed by atoms with Crippen LogP contribution in [0.25, 0.3) is 0 Å². The van der Waals surface area contributed by atoms with Crippen LogP contribution in [0.4, 0.5) is 0 Å². The van der Waals surface area contributed by atoms with Gasteiger partial charge in [-0.05, 0) is 37.2 Å². The molecule has 2 N–H and O–H groups in total. The predicted molar refractivity (Wildman–Crippen MR) is 74.5 cm³/mol. The van der Waals surface area contributed by atoms with Crippen molar-refractivity contribution in [1.82, 2.24) is 10.2 Å². The summed E-state index contributed by atoms with van der Waals surface area (Å²) in [6.07, 6.45) is 0.808. The lowest BCUT2D eigenvalue weighted by molar-refractivity contribution is 0.0587. The Hall–Kier alpha value is -0.900. The molecule has 3 nitrogen and oxygen atoms in total. The highest BCUT2D eigenvalue weighted by Crippen LogP contribution is 2.27. The van der Waals surface area contributed by atoms with E-state index in [-0.39, 0.29) is 0 Å². The molecule has 0 bridgehead atoms. The van der Waals surface area contributed by atoms with Gasteiger partial charge in [0.2, 0.25) is 0 Å². The van der Waals surface area contributed by atoms with E-state index in [0.29, 0.717) is 6.54 Å². The molecule has 1 aliphatic rings. The maximum Gasteiger partial charge on any atom is 0.103 e. The first-order valence-corrected chi connectivity index (χ1v) is 6.93. The quantitative estimate of drug-likeness (QED) is 0.832. The molecule has 3 heteroatoms. The topological polar surface area (TPSA) is 35.5 Å². The highest BCUT2D eigenvalue weighted by molar-refractivity contribution is 5.28. The highest BCUT2D eigenvalue weighted by atomic mass is 16.3. The Morgan fingerprint density at radius 1 is 1.22 bits per heavy atom. The van der Waals surface area contributed by atoms with E-state index >= 15 is 0 Å². The summed E-state index contributed by atoms with van der Waals surface area (Å²) in [6, 6.07) is 8.44. The van der Waals surface area contributed by atoms with E-state index in [0.717, 1.165) is 38.2 Å². The fourth-order valence-electron chi connectivity index (χ4n) is 2.55. The molecule has 0 amide bonds. The van der Waals surface area contributed by atoms with Crippen molar-refractivity contribution in [2.45, 2.75) is 32.4 Å². The smallest absolute Gasteiger partial charge is 0.103 e. The van der Waals surface area contributed by atoms with Gasteiger partial charge in [0.05, 0.1) is 0 Å². The molecule has 1 atom stereocenters. The Bertz CT molecular complexity index is 365. The molecular weight excluding hydrogens is 224 g/mol. The third kappa shape index (κ3) is 2.91. The van der Waals surface area contributed by atoms with E-state index < -0.39 is 5.60 Å². The SMILES string of the molecule is CCN(CC)Cc1ccc(C2(O)CCNC2)cc1. The Morgan fingerprint density at radius 3 is 2.39 bits per heavy atom. The van der Waals surface area contributed by atoms with E-state index in [1.54, 1.807) is 0 Å². The fraction of sp³-hybridized carbons (Fsp3) is 0.600. The zero-order chi connectivity index (χ0) is 13.0. The number of nitrogens with one attached hydrogen (secondary N) is 1. The van der Waals surface area contributed by atoms with Gasteiger partial charge in [0.25, 0.3) is 0 Å². The fourth-order valence-corrected chi connectivity index (χ4v) is 2.55. The second-order valence-corrected chi connectivity index (χ2v) is 5.12. The van der Waals surface area contributed by atoms with Gasteiger partial charge in [-0.15, -0.1) is 0 Å². The standard InChI is InChI=1S/C15H24N2O/c1-3-17(4-2)11-13-5-7-14(8-6-13)15(18)9-10-16-12-15/h5-8,16,18H,3-4,9-12H2,1-2H3. The summed E-state index contributed by atoms with van der Waals surface area (Å²) in [4.78, 5) is 2.39. The summed E-state index contributed by atoms with van der Waals surface area (Å²) >= 11 is 0. The average Bonchev–Trinajstić information content (AvgIpc) is 2.85. The molecule has 0 aliphatic carbocycles. The van der Waals surface area contributed by atoms with Crippen LogP contribution in [-0.4, -0.2) is 36.2 Å². The largest absolute Gasteiger partial charge is 0.384 e. The Balaban J connectivity index is 2.05. The van der Waals surface area contributed by atoms with E-state index in [4.69, 9.17) is 0 Å². The first kappa shape index (κ1) is 13.5. The summed E-state index contributed by atoms with van der Waals surface area (Å²) in [5.41, 5.74) is 1.70. The van der Waals surface area contributed by atoms with Gasteiger partial charge in [0.1, 0.15) is 5.60 Å². The number of benzene rings is 1. The van der Waals surface area contributed by atoms with Gasteiger partial charge in [-0.1, -0.05) is 38.1 Å². The first-order valence-electron chi connectivity index (χ1n) is 6.93. The van der Waals surface area contributed by atoms with Gasteiger partial charge in [-0.25, -0.2) is 0 Å². The summed E-state index contributed by atoms with van der Waals surface area (Å²) in [6.45, 7) is 9.08. The van der Waals surface area contributed by atoms with E-state index in [1.165, 1.54) is 5.56 Å². The zero-order valence-electron chi connectivity index (χ0n) is 11.4. The third-order valence-corrected chi connectivity index (χ3v) is 3.92. The zero-order valence-corrected chi connectivity index (χ0v) is 11.4. The minimum atomic E-state index is -0.659. The van der Waals surface area contributed by atoms with Crippen molar-refractivity contribution >= 4 is 0 Å². The van der Waals surface area contributed by atoms with Crippen molar-refractivity contribution in [1.29, 1.82) is 0 Å². The molecule has 1 aromatic carbocycles. The van der Waals surface area contributed by atoms with Crippen molar-refractivity contribution < 1.29 is 5.11 Å². The molecule has 1 saturated heterocycles. The summed E-state index contributed by atoms with van der Waals surface area (Å²) in [7, 11) is 0. The van der Waals surface area contributed by atoms with Gasteiger partial charge in [-0.2, -0.15) is 0 Å². The van der Waals surface area contributed by atoms with Gasteiger partial charge in [-0.3, -0.25) is 4.90 Å². The van der Waals surface area contributed by atoms with E-state index in [1.807, 2.05) is 0 Å². The number of hydrogen-bond acceptors (Lipinski definition) is 3. The molecule has 2 rings (SSSR count). The van der Waals surface area contributed by atoms with E-state index in [9.17, 15) is 5.11 Å². The second-order valence-electron chi connectivity index (χ2n) is 5.12. The van der Waals surface area contributed by atoms with Crippen LogP contribution in [0.2, 0.25) is 0 Å². The van der Waals surface area contributed by atoms with Gasteiger partial charge < -0.3 is 10.4 Å². The van der Waals surface area contributed by atoms with Crippen LogP contribution in [0.3, 0.4) is 0 Å². The first-order chi connectivity index (χ1) is 8.68. The summed E-state index contributed by atoms with van der Waals surface area (Å²) in [5.74, 6) is 0.